The summed E-state index contributed by atoms with van der Waals surface area (Å²) in [5, 5.41) is 3.74. The molecule has 0 aliphatic carbocycles. The van der Waals surface area contributed by atoms with Crippen LogP contribution < -0.4 is 15.5 Å². The van der Waals surface area contributed by atoms with Gasteiger partial charge in [-0.25, -0.2) is 9.29 Å². The lowest BCUT2D eigenvalue weighted by Crippen LogP contribution is -2.32. The van der Waals surface area contributed by atoms with Gasteiger partial charge in [0.2, 0.25) is 0 Å². The van der Waals surface area contributed by atoms with Crippen molar-refractivity contribution in [2.24, 2.45) is 0 Å². The van der Waals surface area contributed by atoms with Crippen molar-refractivity contribution in [3.8, 4) is 0 Å². The number of benzene rings is 3. The number of carbonyl (C=O) groups is 3. The number of hydrogen-bond acceptors (Lipinski definition) is 4. The molecule has 1 aliphatic rings. The molecule has 0 saturated heterocycles. The molecule has 4 rings (SSSR count). The Morgan fingerprint density at radius 2 is 1.57 bits per heavy atom. The summed E-state index contributed by atoms with van der Waals surface area (Å²) in [6.45, 7) is 0. The van der Waals surface area contributed by atoms with Crippen molar-refractivity contribution >= 4 is 69.6 Å². The maximum Gasteiger partial charge on any atom is 0.417 e. The number of imide groups is 1. The Balaban J connectivity index is 1.54. The van der Waals surface area contributed by atoms with Crippen LogP contribution in [-0.4, -0.2) is 17.7 Å². The molecule has 0 atom stereocenters. The molecule has 3 aromatic rings. The van der Waals surface area contributed by atoms with Crippen LogP contribution in [0, 0.1) is 5.82 Å². The summed E-state index contributed by atoms with van der Waals surface area (Å²) in [5.41, 5.74) is -1.38. The average molecular weight is 573 g/mol. The first-order valence-corrected chi connectivity index (χ1v) is 11.3. The summed E-state index contributed by atoms with van der Waals surface area (Å²) < 4.78 is 52.8. The minimum Gasteiger partial charge on any atom is -0.350 e. The molecule has 3 aromatic carbocycles. The van der Waals surface area contributed by atoms with Gasteiger partial charge in [-0.2, -0.15) is 13.2 Å². The Morgan fingerprint density at radius 1 is 0.838 bits per heavy atom. The van der Waals surface area contributed by atoms with Crippen molar-refractivity contribution in [1.29, 1.82) is 0 Å². The third-order valence-corrected chi connectivity index (χ3v) is 6.08. The Labute approximate surface area is 221 Å². The zero-order valence-electron chi connectivity index (χ0n) is 18.1. The van der Waals surface area contributed by atoms with E-state index in [2.05, 4.69) is 10.6 Å². The van der Waals surface area contributed by atoms with Crippen molar-refractivity contribution in [2.45, 2.75) is 6.18 Å². The number of halogens is 7. The molecular formula is C24H12Cl3F4N3O3. The molecule has 0 spiro atoms. The zero-order chi connectivity index (χ0) is 27.1. The van der Waals surface area contributed by atoms with Crippen molar-refractivity contribution < 1.29 is 31.9 Å². The second-order valence-corrected chi connectivity index (χ2v) is 8.78. The summed E-state index contributed by atoms with van der Waals surface area (Å²) in [5.74, 6) is -3.23. The van der Waals surface area contributed by atoms with E-state index in [0.29, 0.717) is 11.0 Å². The third kappa shape index (κ3) is 5.41. The van der Waals surface area contributed by atoms with Gasteiger partial charge in [0, 0.05) is 16.9 Å². The third-order valence-electron chi connectivity index (χ3n) is 5.11. The highest BCUT2D eigenvalue weighted by atomic mass is 35.5. The van der Waals surface area contributed by atoms with E-state index >= 15 is 0 Å². The maximum atomic E-state index is 13.5. The first-order valence-electron chi connectivity index (χ1n) is 10.2. The molecule has 0 saturated carbocycles. The lowest BCUT2D eigenvalue weighted by Gasteiger charge is -2.15. The summed E-state index contributed by atoms with van der Waals surface area (Å²) in [6.07, 6.45) is -4.72. The molecule has 0 fully saturated rings. The van der Waals surface area contributed by atoms with Crippen LogP contribution in [0.1, 0.15) is 15.9 Å². The highest BCUT2D eigenvalue weighted by Gasteiger charge is 2.39. The van der Waals surface area contributed by atoms with Crippen LogP contribution in [0.15, 0.2) is 71.4 Å². The molecule has 37 heavy (non-hydrogen) atoms. The van der Waals surface area contributed by atoms with Crippen molar-refractivity contribution in [1.82, 2.24) is 0 Å². The molecule has 3 amide bonds. The van der Waals surface area contributed by atoms with Crippen LogP contribution in [0.25, 0.3) is 0 Å². The number of carbonyl (C=O) groups excluding carboxylic acids is 3. The van der Waals surface area contributed by atoms with Crippen LogP contribution in [-0.2, 0) is 15.8 Å². The predicted octanol–water partition coefficient (Wildman–Crippen LogP) is 6.84. The molecule has 1 aliphatic heterocycles. The number of amides is 3. The summed E-state index contributed by atoms with van der Waals surface area (Å²) in [6, 6.07) is 11.7. The van der Waals surface area contributed by atoms with Gasteiger partial charge in [-0.15, -0.1) is 0 Å². The van der Waals surface area contributed by atoms with Crippen LogP contribution >= 0.6 is 34.8 Å². The van der Waals surface area contributed by atoms with Crippen LogP contribution in [0.2, 0.25) is 10.0 Å². The molecule has 0 bridgehead atoms. The first kappa shape index (κ1) is 26.5. The SMILES string of the molecule is O=C(Nc1ccc(Cl)c(C(F)(F)F)c1)c1cccc(NC2=C(Cl)C(=O)N(c3ccc(F)c(Cl)c3)C2=O)c1. The summed E-state index contributed by atoms with van der Waals surface area (Å²) >= 11 is 17.4. The van der Waals surface area contributed by atoms with Crippen molar-refractivity contribution in [2.75, 3.05) is 15.5 Å². The maximum absolute atomic E-state index is 13.5. The largest absolute Gasteiger partial charge is 0.417 e. The standard InChI is InChI=1S/C24H12Cl3F4N3O3/c25-16-6-4-13(9-15(16)24(29,30)31)33-21(35)11-2-1-3-12(8-11)32-20-19(27)22(36)34(23(20)37)14-5-7-18(28)17(26)10-14/h1-10,32H,(H,33,35). The van der Waals surface area contributed by atoms with Gasteiger partial charge in [0.25, 0.3) is 17.7 Å². The number of rotatable bonds is 5. The van der Waals surface area contributed by atoms with E-state index in [-0.39, 0.29) is 33.3 Å². The summed E-state index contributed by atoms with van der Waals surface area (Å²) in [7, 11) is 0. The number of nitrogens with zero attached hydrogens (tertiary/aromatic N) is 1. The van der Waals surface area contributed by atoms with Gasteiger partial charge < -0.3 is 10.6 Å². The average Bonchev–Trinajstić information content (AvgIpc) is 3.04. The fourth-order valence-electron chi connectivity index (χ4n) is 3.38. The molecule has 1 heterocycles. The van der Waals surface area contributed by atoms with E-state index in [0.717, 1.165) is 18.2 Å². The van der Waals surface area contributed by atoms with Gasteiger partial charge in [0.15, 0.2) is 0 Å². The second kappa shape index (κ2) is 10.0. The Hall–Kier alpha value is -3.60. The molecule has 0 unspecified atom stereocenters. The van der Waals surface area contributed by atoms with E-state index in [9.17, 15) is 31.9 Å². The minimum atomic E-state index is -4.72. The van der Waals surface area contributed by atoms with E-state index in [1.807, 2.05) is 0 Å². The lowest BCUT2D eigenvalue weighted by atomic mass is 10.1. The zero-order valence-corrected chi connectivity index (χ0v) is 20.4. The van der Waals surface area contributed by atoms with Gasteiger partial charge in [0.1, 0.15) is 16.5 Å². The van der Waals surface area contributed by atoms with Gasteiger partial charge in [-0.1, -0.05) is 40.9 Å². The smallest absolute Gasteiger partial charge is 0.350 e. The second-order valence-electron chi connectivity index (χ2n) is 7.59. The molecule has 2 N–H and O–H groups in total. The quantitative estimate of drug-likeness (QED) is 0.259. The predicted molar refractivity (Wildman–Crippen MR) is 131 cm³/mol. The number of nitrogens with one attached hydrogen (secondary N) is 2. The van der Waals surface area contributed by atoms with Crippen LogP contribution in [0.4, 0.5) is 34.6 Å². The summed E-state index contributed by atoms with van der Waals surface area (Å²) in [4.78, 5) is 38.9. The van der Waals surface area contributed by atoms with E-state index < -0.39 is 45.3 Å². The van der Waals surface area contributed by atoms with Crippen molar-refractivity contribution in [3.05, 3.63) is 98.4 Å². The first-order chi connectivity index (χ1) is 17.4. The van der Waals surface area contributed by atoms with E-state index in [1.54, 1.807) is 0 Å². The van der Waals surface area contributed by atoms with Gasteiger partial charge in [-0.3, -0.25) is 14.4 Å². The minimum absolute atomic E-state index is 0.00864. The molecule has 13 heteroatoms. The van der Waals surface area contributed by atoms with Crippen molar-refractivity contribution in [3.63, 3.8) is 0 Å². The number of alkyl halides is 3. The fraction of sp³-hybridized carbons (Fsp3) is 0.0417. The highest BCUT2D eigenvalue weighted by molar-refractivity contribution is 6.53. The normalized spacial score (nSPS) is 13.9. The molecule has 0 radical (unpaired) electrons. The van der Waals surface area contributed by atoms with E-state index in [1.165, 1.54) is 36.4 Å². The van der Waals surface area contributed by atoms with Crippen LogP contribution in [0.3, 0.4) is 0 Å². The monoisotopic (exact) mass is 571 g/mol. The topological polar surface area (TPSA) is 78.5 Å². The number of anilines is 3. The molecule has 190 valence electrons. The number of hydrogen-bond donors (Lipinski definition) is 2. The fourth-order valence-corrected chi connectivity index (χ4v) is 3.99. The molecule has 0 aromatic heterocycles. The molecule has 6 nitrogen and oxygen atoms in total. The van der Waals surface area contributed by atoms with E-state index in [4.69, 9.17) is 34.8 Å². The Kier molecular flexibility index (Phi) is 7.18. The molecular weight excluding hydrogens is 561 g/mol. The Bertz CT molecular complexity index is 1490. The van der Waals surface area contributed by atoms with Gasteiger partial charge in [0.05, 0.1) is 21.3 Å². The van der Waals surface area contributed by atoms with Gasteiger partial charge in [-0.05, 0) is 54.6 Å². The highest BCUT2D eigenvalue weighted by Crippen LogP contribution is 2.36. The van der Waals surface area contributed by atoms with Crippen LogP contribution in [0.5, 0.6) is 0 Å². The lowest BCUT2D eigenvalue weighted by molar-refractivity contribution is -0.137. The van der Waals surface area contributed by atoms with Gasteiger partial charge >= 0.3 is 6.18 Å². The Morgan fingerprint density at radius 3 is 2.24 bits per heavy atom.